The van der Waals surface area contributed by atoms with Crippen molar-refractivity contribution in [2.24, 2.45) is 4.99 Å². The topological polar surface area (TPSA) is 78.9 Å². The van der Waals surface area contributed by atoms with Gasteiger partial charge in [-0.05, 0) is 25.7 Å². The van der Waals surface area contributed by atoms with Gasteiger partial charge in [-0.15, -0.1) is 35.3 Å². The predicted molar refractivity (Wildman–Crippen MR) is 121 cm³/mol. The van der Waals surface area contributed by atoms with Crippen LogP contribution >= 0.6 is 35.3 Å². The summed E-state index contributed by atoms with van der Waals surface area (Å²) >= 11 is 1.75. The highest BCUT2D eigenvalue weighted by Gasteiger charge is 2.14. The van der Waals surface area contributed by atoms with Gasteiger partial charge in [0, 0.05) is 51.3 Å². The van der Waals surface area contributed by atoms with E-state index in [-0.39, 0.29) is 42.5 Å². The maximum atomic E-state index is 11.8. The second kappa shape index (κ2) is 13.3. The average molecular weight is 509 g/mol. The lowest BCUT2D eigenvalue weighted by atomic mass is 10.1. The van der Waals surface area contributed by atoms with Gasteiger partial charge in [-0.2, -0.15) is 0 Å². The molecule has 154 valence electrons. The van der Waals surface area contributed by atoms with E-state index >= 15 is 0 Å². The highest BCUT2D eigenvalue weighted by molar-refractivity contribution is 14.0. The number of likely N-dealkylation sites (N-methyl/N-ethyl adjacent to an activating group) is 1. The van der Waals surface area contributed by atoms with Crippen LogP contribution in [0.5, 0.6) is 0 Å². The van der Waals surface area contributed by atoms with E-state index in [1.165, 1.54) is 11.3 Å². The fourth-order valence-corrected chi connectivity index (χ4v) is 3.42. The summed E-state index contributed by atoms with van der Waals surface area (Å²) in [7, 11) is 3.48. The molecule has 1 saturated heterocycles. The maximum absolute atomic E-state index is 11.8. The Hall–Kier alpha value is -0.940. The minimum atomic E-state index is -0.0208. The lowest BCUT2D eigenvalue weighted by molar-refractivity contribution is -0.127. The first kappa shape index (κ1) is 24.1. The molecular formula is C18H32IN5O2S. The number of amides is 1. The Bertz CT molecular complexity index is 588. The number of carbonyl (C=O) groups is 1. The number of aliphatic imine (C=N–C) groups is 1. The number of thiazole rings is 1. The molecule has 1 aromatic heterocycles. The molecule has 2 N–H and O–H groups in total. The summed E-state index contributed by atoms with van der Waals surface area (Å²) in [4.78, 5) is 23.5. The second-order valence-electron chi connectivity index (χ2n) is 6.57. The van der Waals surface area contributed by atoms with Crippen molar-refractivity contribution >= 4 is 47.2 Å². The molecule has 0 saturated carbocycles. The van der Waals surface area contributed by atoms with Gasteiger partial charge in [-0.25, -0.2) is 9.98 Å². The zero-order valence-corrected chi connectivity index (χ0v) is 19.6. The largest absolute Gasteiger partial charge is 0.376 e. The van der Waals surface area contributed by atoms with Gasteiger partial charge in [0.1, 0.15) is 6.54 Å². The van der Waals surface area contributed by atoms with Gasteiger partial charge in [0.15, 0.2) is 5.96 Å². The number of hydrogen-bond donors (Lipinski definition) is 2. The van der Waals surface area contributed by atoms with Crippen LogP contribution < -0.4 is 10.6 Å². The molecule has 1 atom stereocenters. The summed E-state index contributed by atoms with van der Waals surface area (Å²) in [5.41, 5.74) is 0. The van der Waals surface area contributed by atoms with E-state index < -0.39 is 0 Å². The van der Waals surface area contributed by atoms with Crippen molar-refractivity contribution in [3.8, 4) is 0 Å². The third-order valence-electron chi connectivity index (χ3n) is 4.22. The van der Waals surface area contributed by atoms with Crippen molar-refractivity contribution in [1.82, 2.24) is 20.5 Å². The van der Waals surface area contributed by atoms with Gasteiger partial charge in [0.25, 0.3) is 0 Å². The Morgan fingerprint density at radius 1 is 1.41 bits per heavy atom. The Morgan fingerprint density at radius 2 is 2.22 bits per heavy atom. The SMILES string of the molecule is CCc1cnc(CCNC(=NCC(=O)N(C)C)NCC2CCCCO2)s1.I. The van der Waals surface area contributed by atoms with Crippen LogP contribution in [0.2, 0.25) is 0 Å². The lowest BCUT2D eigenvalue weighted by Crippen LogP contribution is -2.43. The van der Waals surface area contributed by atoms with E-state index in [0.29, 0.717) is 12.5 Å². The van der Waals surface area contributed by atoms with Crippen LogP contribution in [0.15, 0.2) is 11.2 Å². The Balaban J connectivity index is 0.00000364. The predicted octanol–water partition coefficient (Wildman–Crippen LogP) is 2.06. The number of nitrogens with zero attached hydrogens (tertiary/aromatic N) is 3. The first-order valence-electron chi connectivity index (χ1n) is 9.36. The van der Waals surface area contributed by atoms with Crippen molar-refractivity contribution in [2.75, 3.05) is 40.3 Å². The highest BCUT2D eigenvalue weighted by atomic mass is 127. The number of nitrogens with one attached hydrogen (secondary N) is 2. The fraction of sp³-hybridized carbons (Fsp3) is 0.722. The van der Waals surface area contributed by atoms with Gasteiger partial charge in [0.05, 0.1) is 11.1 Å². The van der Waals surface area contributed by atoms with Crippen LogP contribution in [-0.4, -0.2) is 68.2 Å². The molecule has 1 aliphatic heterocycles. The molecule has 1 amide bonds. The van der Waals surface area contributed by atoms with Crippen molar-refractivity contribution in [3.05, 3.63) is 16.1 Å². The molecule has 0 radical (unpaired) electrons. The standard InChI is InChI=1S/C18H31N5O2S.HI/c1-4-15-12-20-16(26-15)8-9-19-18(22-13-17(24)23(2)3)21-11-14-7-5-6-10-25-14;/h12,14H,4-11,13H2,1-3H3,(H2,19,21,22);1H. The minimum absolute atomic E-state index is 0. The van der Waals surface area contributed by atoms with Gasteiger partial charge in [-0.3, -0.25) is 4.79 Å². The Labute approximate surface area is 183 Å². The number of halogens is 1. The van der Waals surface area contributed by atoms with Gasteiger partial charge in [0.2, 0.25) is 5.91 Å². The molecule has 1 unspecified atom stereocenters. The van der Waals surface area contributed by atoms with E-state index in [4.69, 9.17) is 4.74 Å². The third kappa shape index (κ3) is 9.20. The number of aryl methyl sites for hydroxylation is 1. The first-order valence-corrected chi connectivity index (χ1v) is 10.2. The summed E-state index contributed by atoms with van der Waals surface area (Å²) in [6.07, 6.45) is 7.43. The van der Waals surface area contributed by atoms with Crippen LogP contribution in [0.3, 0.4) is 0 Å². The number of hydrogen-bond acceptors (Lipinski definition) is 5. The minimum Gasteiger partial charge on any atom is -0.376 e. The smallest absolute Gasteiger partial charge is 0.243 e. The van der Waals surface area contributed by atoms with Gasteiger partial charge in [-0.1, -0.05) is 6.92 Å². The molecule has 2 rings (SSSR count). The van der Waals surface area contributed by atoms with Crippen LogP contribution in [-0.2, 0) is 22.4 Å². The van der Waals surface area contributed by atoms with Crippen molar-refractivity contribution in [2.45, 2.75) is 45.1 Å². The molecule has 7 nitrogen and oxygen atoms in total. The van der Waals surface area contributed by atoms with E-state index in [1.807, 2.05) is 6.20 Å². The fourth-order valence-electron chi connectivity index (χ4n) is 2.56. The maximum Gasteiger partial charge on any atom is 0.243 e. The molecule has 9 heteroatoms. The lowest BCUT2D eigenvalue weighted by Gasteiger charge is -2.24. The first-order chi connectivity index (χ1) is 12.6. The van der Waals surface area contributed by atoms with E-state index in [1.54, 1.807) is 30.3 Å². The zero-order chi connectivity index (χ0) is 18.8. The van der Waals surface area contributed by atoms with Crippen molar-refractivity contribution in [3.63, 3.8) is 0 Å². The number of rotatable bonds is 8. The number of ether oxygens (including phenoxy) is 1. The molecule has 0 aliphatic carbocycles. The second-order valence-corrected chi connectivity index (χ2v) is 7.77. The Morgan fingerprint density at radius 3 is 2.85 bits per heavy atom. The van der Waals surface area contributed by atoms with Crippen molar-refractivity contribution < 1.29 is 9.53 Å². The normalized spacial score (nSPS) is 17.1. The van der Waals surface area contributed by atoms with Crippen LogP contribution in [0, 0.1) is 0 Å². The van der Waals surface area contributed by atoms with Gasteiger partial charge >= 0.3 is 0 Å². The summed E-state index contributed by atoms with van der Waals surface area (Å²) < 4.78 is 5.75. The van der Waals surface area contributed by atoms with Crippen LogP contribution in [0.4, 0.5) is 0 Å². The summed E-state index contributed by atoms with van der Waals surface area (Å²) in [5.74, 6) is 0.633. The molecule has 1 aromatic rings. The summed E-state index contributed by atoms with van der Waals surface area (Å²) in [6, 6.07) is 0. The Kier molecular flexibility index (Phi) is 11.8. The molecule has 0 aromatic carbocycles. The number of carbonyl (C=O) groups excluding carboxylic acids is 1. The molecule has 27 heavy (non-hydrogen) atoms. The van der Waals surface area contributed by atoms with Gasteiger partial charge < -0.3 is 20.3 Å². The van der Waals surface area contributed by atoms with Crippen LogP contribution in [0.1, 0.15) is 36.1 Å². The highest BCUT2D eigenvalue weighted by Crippen LogP contribution is 2.13. The number of aromatic nitrogens is 1. The van der Waals surface area contributed by atoms with E-state index in [2.05, 4.69) is 27.5 Å². The van der Waals surface area contributed by atoms with Crippen LogP contribution in [0.25, 0.3) is 0 Å². The molecule has 0 bridgehead atoms. The number of guanidine groups is 1. The zero-order valence-electron chi connectivity index (χ0n) is 16.5. The summed E-state index contributed by atoms with van der Waals surface area (Å²) in [6.45, 7) is 4.53. The third-order valence-corrected chi connectivity index (χ3v) is 5.43. The van der Waals surface area contributed by atoms with E-state index in [9.17, 15) is 4.79 Å². The molecule has 1 aliphatic rings. The van der Waals surface area contributed by atoms with Crippen molar-refractivity contribution in [1.29, 1.82) is 0 Å². The monoisotopic (exact) mass is 509 g/mol. The molecular weight excluding hydrogens is 477 g/mol. The quantitative estimate of drug-likeness (QED) is 0.319. The van der Waals surface area contributed by atoms with E-state index in [0.717, 1.165) is 43.8 Å². The summed E-state index contributed by atoms with van der Waals surface area (Å²) in [5, 5.41) is 7.74. The molecule has 0 spiro atoms. The molecule has 2 heterocycles. The average Bonchev–Trinajstić information content (AvgIpc) is 3.12. The molecule has 1 fully saturated rings.